The second kappa shape index (κ2) is 6.28. The van der Waals surface area contributed by atoms with Crippen LogP contribution in [0.15, 0.2) is 72.8 Å². The molecule has 122 valence electrons. The smallest absolute Gasteiger partial charge is 0.120 e. The lowest BCUT2D eigenvalue weighted by molar-refractivity contribution is 0.415. The van der Waals surface area contributed by atoms with Gasteiger partial charge in [-0.2, -0.15) is 0 Å². The highest BCUT2D eigenvalue weighted by molar-refractivity contribution is 5.60. The van der Waals surface area contributed by atoms with Crippen molar-refractivity contribution < 1.29 is 15.3 Å². The summed E-state index contributed by atoms with van der Waals surface area (Å²) < 4.78 is 0. The molecule has 3 heteroatoms. The first kappa shape index (κ1) is 15.9. The highest BCUT2D eigenvalue weighted by Crippen LogP contribution is 2.50. The molecule has 0 aliphatic carbocycles. The third kappa shape index (κ3) is 2.38. The number of hydrogen-bond donors (Lipinski definition) is 3. The van der Waals surface area contributed by atoms with Crippen molar-refractivity contribution in [2.45, 2.75) is 18.8 Å². The van der Waals surface area contributed by atoms with Gasteiger partial charge in [-0.15, -0.1) is 0 Å². The molecule has 0 spiro atoms. The quantitative estimate of drug-likeness (QED) is 0.618. The van der Waals surface area contributed by atoms with Crippen LogP contribution in [0, 0.1) is 0 Å². The molecule has 0 heterocycles. The van der Waals surface area contributed by atoms with E-state index in [1.807, 2.05) is 43.3 Å². The maximum Gasteiger partial charge on any atom is 0.120 e. The highest BCUT2D eigenvalue weighted by Gasteiger charge is 2.40. The van der Waals surface area contributed by atoms with E-state index in [4.69, 9.17) is 0 Å². The molecule has 0 saturated heterocycles. The van der Waals surface area contributed by atoms with Gasteiger partial charge in [-0.3, -0.25) is 0 Å². The average Bonchev–Trinajstić information content (AvgIpc) is 2.60. The second-order valence-electron chi connectivity index (χ2n) is 5.81. The third-order valence-electron chi connectivity index (χ3n) is 4.62. The van der Waals surface area contributed by atoms with Gasteiger partial charge in [0.1, 0.15) is 17.2 Å². The molecule has 3 nitrogen and oxygen atoms in total. The second-order valence-corrected chi connectivity index (χ2v) is 5.81. The van der Waals surface area contributed by atoms with Gasteiger partial charge in [-0.05, 0) is 24.6 Å². The number of aromatic hydroxyl groups is 3. The fraction of sp³-hybridized carbons (Fsp3) is 0.143. The average molecular weight is 320 g/mol. The van der Waals surface area contributed by atoms with Crippen LogP contribution in [0.3, 0.4) is 0 Å². The molecule has 0 aliphatic rings. The molecule has 3 rings (SSSR count). The van der Waals surface area contributed by atoms with E-state index in [9.17, 15) is 15.3 Å². The monoisotopic (exact) mass is 320 g/mol. The summed E-state index contributed by atoms with van der Waals surface area (Å²) in [6.07, 6.45) is 0.555. The van der Waals surface area contributed by atoms with E-state index in [-0.39, 0.29) is 17.2 Å². The summed E-state index contributed by atoms with van der Waals surface area (Å²) in [6, 6.07) is 21.2. The Morgan fingerprint density at radius 1 is 0.583 bits per heavy atom. The summed E-state index contributed by atoms with van der Waals surface area (Å²) >= 11 is 0. The molecular formula is C21H20O3. The van der Waals surface area contributed by atoms with Crippen molar-refractivity contribution in [3.8, 4) is 17.2 Å². The van der Waals surface area contributed by atoms with Crippen LogP contribution in [0.2, 0.25) is 0 Å². The Hall–Kier alpha value is -2.94. The van der Waals surface area contributed by atoms with Gasteiger partial charge in [-0.25, -0.2) is 0 Å². The molecule has 0 amide bonds. The Balaban J connectivity index is 2.43. The first-order chi connectivity index (χ1) is 11.6. The van der Waals surface area contributed by atoms with Crippen molar-refractivity contribution in [1.29, 1.82) is 0 Å². The van der Waals surface area contributed by atoms with E-state index in [0.29, 0.717) is 23.1 Å². The number of phenolic OH excluding ortho intramolecular Hbond substituents is 3. The number of rotatable bonds is 4. The van der Waals surface area contributed by atoms with Crippen molar-refractivity contribution >= 4 is 0 Å². The molecule has 0 bridgehead atoms. The number of hydrogen-bond acceptors (Lipinski definition) is 3. The topological polar surface area (TPSA) is 60.7 Å². The third-order valence-corrected chi connectivity index (χ3v) is 4.62. The van der Waals surface area contributed by atoms with Gasteiger partial charge in [0.25, 0.3) is 0 Å². The van der Waals surface area contributed by atoms with Crippen LogP contribution in [-0.2, 0) is 5.41 Å². The van der Waals surface area contributed by atoms with Crippen molar-refractivity contribution in [3.63, 3.8) is 0 Å². The Kier molecular flexibility index (Phi) is 4.17. The van der Waals surface area contributed by atoms with Crippen molar-refractivity contribution in [2.75, 3.05) is 0 Å². The van der Waals surface area contributed by atoms with Gasteiger partial charge in [0, 0.05) is 16.7 Å². The Labute approximate surface area is 141 Å². The van der Waals surface area contributed by atoms with Gasteiger partial charge in [0.2, 0.25) is 0 Å². The molecule has 0 aromatic heterocycles. The van der Waals surface area contributed by atoms with Crippen LogP contribution in [0.5, 0.6) is 17.2 Å². The van der Waals surface area contributed by atoms with Crippen LogP contribution in [0.1, 0.15) is 30.0 Å². The molecule has 0 saturated carbocycles. The van der Waals surface area contributed by atoms with Gasteiger partial charge in [0.05, 0.1) is 5.41 Å². The van der Waals surface area contributed by atoms with Crippen molar-refractivity contribution in [3.05, 3.63) is 89.5 Å². The zero-order chi connectivity index (χ0) is 17.2. The normalized spacial score (nSPS) is 11.4. The Bertz CT molecular complexity index is 744. The van der Waals surface area contributed by atoms with Crippen LogP contribution in [0.25, 0.3) is 0 Å². The van der Waals surface area contributed by atoms with E-state index in [1.54, 1.807) is 36.4 Å². The number of para-hydroxylation sites is 3. The van der Waals surface area contributed by atoms with Crippen molar-refractivity contribution in [1.82, 2.24) is 0 Å². The Morgan fingerprint density at radius 3 is 1.12 bits per heavy atom. The highest BCUT2D eigenvalue weighted by atomic mass is 16.3. The fourth-order valence-corrected chi connectivity index (χ4v) is 3.51. The maximum atomic E-state index is 10.5. The summed E-state index contributed by atoms with van der Waals surface area (Å²) in [4.78, 5) is 0. The number of phenols is 3. The molecule has 0 atom stereocenters. The minimum atomic E-state index is -0.859. The minimum Gasteiger partial charge on any atom is -0.508 e. The predicted molar refractivity (Wildman–Crippen MR) is 94.5 cm³/mol. The fourth-order valence-electron chi connectivity index (χ4n) is 3.51. The Morgan fingerprint density at radius 2 is 0.875 bits per heavy atom. The van der Waals surface area contributed by atoms with Crippen molar-refractivity contribution in [2.24, 2.45) is 0 Å². The number of benzene rings is 3. The van der Waals surface area contributed by atoms with Gasteiger partial charge >= 0.3 is 0 Å². The van der Waals surface area contributed by atoms with E-state index in [2.05, 4.69) is 0 Å². The molecule has 24 heavy (non-hydrogen) atoms. The zero-order valence-corrected chi connectivity index (χ0v) is 13.5. The molecule has 3 aromatic carbocycles. The van der Waals surface area contributed by atoms with Crippen LogP contribution >= 0.6 is 0 Å². The zero-order valence-electron chi connectivity index (χ0n) is 13.5. The summed E-state index contributed by atoms with van der Waals surface area (Å²) in [5.74, 6) is 0.391. The van der Waals surface area contributed by atoms with Gasteiger partial charge in [0.15, 0.2) is 0 Å². The first-order valence-electron chi connectivity index (χ1n) is 7.96. The summed E-state index contributed by atoms with van der Waals surface area (Å²) in [6.45, 7) is 1.98. The lowest BCUT2D eigenvalue weighted by atomic mass is 9.67. The molecule has 3 N–H and O–H groups in total. The molecular weight excluding hydrogens is 300 g/mol. The van der Waals surface area contributed by atoms with E-state index in [0.717, 1.165) is 0 Å². The van der Waals surface area contributed by atoms with Crippen LogP contribution in [-0.4, -0.2) is 15.3 Å². The molecule has 0 radical (unpaired) electrons. The lowest BCUT2D eigenvalue weighted by Gasteiger charge is -2.36. The lowest BCUT2D eigenvalue weighted by Crippen LogP contribution is -2.29. The molecule has 0 unspecified atom stereocenters. The van der Waals surface area contributed by atoms with E-state index in [1.165, 1.54) is 0 Å². The predicted octanol–water partition coefficient (Wildman–Crippen LogP) is 4.55. The summed E-state index contributed by atoms with van der Waals surface area (Å²) in [7, 11) is 0. The molecule has 0 fully saturated rings. The largest absolute Gasteiger partial charge is 0.508 e. The van der Waals surface area contributed by atoms with Gasteiger partial charge in [-0.1, -0.05) is 61.5 Å². The van der Waals surface area contributed by atoms with E-state index >= 15 is 0 Å². The maximum absolute atomic E-state index is 10.5. The molecule has 3 aromatic rings. The molecule has 0 aliphatic heterocycles. The minimum absolute atomic E-state index is 0.130. The first-order valence-corrected chi connectivity index (χ1v) is 7.96. The van der Waals surface area contributed by atoms with Gasteiger partial charge < -0.3 is 15.3 Å². The standard InChI is InChI=1S/C21H20O3/c1-2-21(15-9-3-6-12-18(15)22,16-10-4-7-13-19(16)23)17-11-5-8-14-20(17)24/h3-14,22-24H,2H2,1H3. The van der Waals surface area contributed by atoms with E-state index < -0.39 is 5.41 Å². The summed E-state index contributed by atoms with van der Waals surface area (Å²) in [5, 5.41) is 31.6. The summed E-state index contributed by atoms with van der Waals surface area (Å²) in [5.41, 5.74) is 1.09. The van der Waals surface area contributed by atoms with Crippen LogP contribution < -0.4 is 0 Å². The SMILES string of the molecule is CCC(c1ccccc1O)(c1ccccc1O)c1ccccc1O. The van der Waals surface area contributed by atoms with Crippen LogP contribution in [0.4, 0.5) is 0 Å².